The highest BCUT2D eigenvalue weighted by Crippen LogP contribution is 2.24. The van der Waals surface area contributed by atoms with Gasteiger partial charge in [-0.25, -0.2) is 4.68 Å². The van der Waals surface area contributed by atoms with E-state index in [4.69, 9.17) is 0 Å². The van der Waals surface area contributed by atoms with Gasteiger partial charge < -0.3 is 0 Å². The molecule has 0 saturated carbocycles. The molecule has 0 amide bonds. The van der Waals surface area contributed by atoms with E-state index in [2.05, 4.69) is 5.10 Å². The highest BCUT2D eigenvalue weighted by atomic mass is 16.1. The molecule has 0 bridgehead atoms. The summed E-state index contributed by atoms with van der Waals surface area (Å²) in [6.45, 7) is 2.03. The molecule has 1 aromatic heterocycles. The van der Waals surface area contributed by atoms with E-state index in [1.807, 2.05) is 72.5 Å². The number of aryl methyl sites for hydroxylation is 1. The van der Waals surface area contributed by atoms with E-state index >= 15 is 0 Å². The predicted octanol–water partition coefficient (Wildman–Crippen LogP) is 3.66. The minimum atomic E-state index is 0.679. The van der Waals surface area contributed by atoms with E-state index in [1.54, 1.807) is 0 Å². The van der Waals surface area contributed by atoms with Crippen LogP contribution in [0.5, 0.6) is 0 Å². The fourth-order valence-electron chi connectivity index (χ4n) is 2.21. The Morgan fingerprint density at radius 3 is 2.65 bits per heavy atom. The first-order valence-corrected chi connectivity index (χ1v) is 6.44. The van der Waals surface area contributed by atoms with Gasteiger partial charge in [-0.1, -0.05) is 30.3 Å². The van der Waals surface area contributed by atoms with Gasteiger partial charge in [0.2, 0.25) is 0 Å². The molecule has 1 heterocycles. The van der Waals surface area contributed by atoms with Gasteiger partial charge in [0.15, 0.2) is 0 Å². The van der Waals surface area contributed by atoms with Crippen LogP contribution in [-0.2, 0) is 0 Å². The van der Waals surface area contributed by atoms with E-state index < -0.39 is 0 Å². The standard InChI is InChI=1S/C17H14N2O/c1-13-7-8-14(12-20)9-17(13)15-10-18-19(11-15)16-5-3-2-4-6-16/h2-12H,1H3. The topological polar surface area (TPSA) is 34.9 Å². The van der Waals surface area contributed by atoms with Crippen molar-refractivity contribution >= 4 is 6.29 Å². The Morgan fingerprint density at radius 2 is 1.90 bits per heavy atom. The second-order valence-corrected chi connectivity index (χ2v) is 4.70. The summed E-state index contributed by atoms with van der Waals surface area (Å²) in [7, 11) is 0. The zero-order valence-corrected chi connectivity index (χ0v) is 11.2. The summed E-state index contributed by atoms with van der Waals surface area (Å²) in [6.07, 6.45) is 4.67. The Kier molecular flexibility index (Phi) is 3.17. The van der Waals surface area contributed by atoms with Gasteiger partial charge in [0.05, 0.1) is 11.9 Å². The molecular formula is C17H14N2O. The third-order valence-corrected chi connectivity index (χ3v) is 3.31. The summed E-state index contributed by atoms with van der Waals surface area (Å²) in [5.74, 6) is 0. The third kappa shape index (κ3) is 2.26. The SMILES string of the molecule is Cc1ccc(C=O)cc1-c1cnn(-c2ccccc2)c1. The number of para-hydroxylation sites is 1. The zero-order valence-electron chi connectivity index (χ0n) is 11.2. The van der Waals surface area contributed by atoms with Crippen molar-refractivity contribution in [3.8, 4) is 16.8 Å². The van der Waals surface area contributed by atoms with Crippen LogP contribution in [0.3, 0.4) is 0 Å². The molecule has 3 nitrogen and oxygen atoms in total. The average molecular weight is 262 g/mol. The first-order valence-electron chi connectivity index (χ1n) is 6.44. The molecule has 0 unspecified atom stereocenters. The summed E-state index contributed by atoms with van der Waals surface area (Å²) in [6, 6.07) is 15.6. The second kappa shape index (κ2) is 5.13. The van der Waals surface area contributed by atoms with Crippen molar-refractivity contribution < 1.29 is 4.79 Å². The highest BCUT2D eigenvalue weighted by molar-refractivity contribution is 5.80. The molecule has 3 aromatic rings. The Bertz CT molecular complexity index is 745. The van der Waals surface area contributed by atoms with E-state index in [0.29, 0.717) is 5.56 Å². The van der Waals surface area contributed by atoms with Gasteiger partial charge in [-0.3, -0.25) is 4.79 Å². The van der Waals surface area contributed by atoms with E-state index in [-0.39, 0.29) is 0 Å². The van der Waals surface area contributed by atoms with Gasteiger partial charge in [-0.2, -0.15) is 5.10 Å². The fraction of sp³-hybridized carbons (Fsp3) is 0.0588. The second-order valence-electron chi connectivity index (χ2n) is 4.70. The quantitative estimate of drug-likeness (QED) is 0.675. The number of hydrogen-bond donors (Lipinski definition) is 0. The van der Waals surface area contributed by atoms with Gasteiger partial charge in [0, 0.05) is 17.3 Å². The maximum absolute atomic E-state index is 10.9. The molecule has 3 rings (SSSR count). The van der Waals surface area contributed by atoms with Crippen LogP contribution in [0.25, 0.3) is 16.8 Å². The van der Waals surface area contributed by atoms with Crippen LogP contribution in [0.1, 0.15) is 15.9 Å². The molecule has 0 saturated heterocycles. The van der Waals surface area contributed by atoms with Gasteiger partial charge >= 0.3 is 0 Å². The van der Waals surface area contributed by atoms with Crippen LogP contribution in [0.15, 0.2) is 60.9 Å². The fourth-order valence-corrected chi connectivity index (χ4v) is 2.21. The molecule has 0 N–H and O–H groups in total. The zero-order chi connectivity index (χ0) is 13.9. The first kappa shape index (κ1) is 12.4. The van der Waals surface area contributed by atoms with Gasteiger partial charge in [0.1, 0.15) is 6.29 Å². The number of aromatic nitrogens is 2. The molecule has 98 valence electrons. The van der Waals surface area contributed by atoms with Crippen LogP contribution < -0.4 is 0 Å². The molecule has 0 fully saturated rings. The number of benzene rings is 2. The number of hydrogen-bond acceptors (Lipinski definition) is 2. The lowest BCUT2D eigenvalue weighted by molar-refractivity contribution is 0.112. The number of aldehydes is 1. The summed E-state index contributed by atoms with van der Waals surface area (Å²) in [4.78, 5) is 10.9. The number of carbonyl (C=O) groups excluding carboxylic acids is 1. The molecule has 0 atom stereocenters. The Balaban J connectivity index is 2.04. The molecule has 0 spiro atoms. The Morgan fingerprint density at radius 1 is 1.10 bits per heavy atom. The lowest BCUT2D eigenvalue weighted by Crippen LogP contribution is -1.92. The number of rotatable bonds is 3. The van der Waals surface area contributed by atoms with E-state index in [9.17, 15) is 4.79 Å². The monoisotopic (exact) mass is 262 g/mol. The van der Waals surface area contributed by atoms with Gasteiger partial charge in [-0.15, -0.1) is 0 Å². The largest absolute Gasteiger partial charge is 0.298 e. The van der Waals surface area contributed by atoms with Gasteiger partial charge in [-0.05, 0) is 36.2 Å². The number of carbonyl (C=O) groups is 1. The first-order chi connectivity index (χ1) is 9.78. The average Bonchev–Trinajstić information content (AvgIpc) is 2.98. The minimum absolute atomic E-state index is 0.679. The van der Waals surface area contributed by atoms with E-state index in [1.165, 1.54) is 0 Å². The van der Waals surface area contributed by atoms with Crippen molar-refractivity contribution in [3.63, 3.8) is 0 Å². The molecule has 3 heteroatoms. The minimum Gasteiger partial charge on any atom is -0.298 e. The van der Waals surface area contributed by atoms with Crippen molar-refractivity contribution in [2.45, 2.75) is 6.92 Å². The highest BCUT2D eigenvalue weighted by Gasteiger charge is 2.07. The molecular weight excluding hydrogens is 248 g/mol. The molecule has 0 aliphatic rings. The normalized spacial score (nSPS) is 10.4. The number of nitrogens with zero attached hydrogens (tertiary/aromatic N) is 2. The molecule has 0 aliphatic heterocycles. The Hall–Kier alpha value is -2.68. The lowest BCUT2D eigenvalue weighted by Gasteiger charge is -2.04. The predicted molar refractivity (Wildman–Crippen MR) is 79.1 cm³/mol. The smallest absolute Gasteiger partial charge is 0.150 e. The maximum Gasteiger partial charge on any atom is 0.150 e. The van der Waals surface area contributed by atoms with Crippen molar-refractivity contribution in [1.82, 2.24) is 9.78 Å². The van der Waals surface area contributed by atoms with E-state index in [0.717, 1.165) is 28.7 Å². The summed E-state index contributed by atoms with van der Waals surface area (Å²) in [5, 5.41) is 4.39. The lowest BCUT2D eigenvalue weighted by atomic mass is 10.0. The van der Waals surface area contributed by atoms with Crippen LogP contribution >= 0.6 is 0 Å². The van der Waals surface area contributed by atoms with Crippen molar-refractivity contribution in [2.75, 3.05) is 0 Å². The van der Waals surface area contributed by atoms with Crippen molar-refractivity contribution in [3.05, 3.63) is 72.1 Å². The van der Waals surface area contributed by atoms with Crippen LogP contribution in [0.4, 0.5) is 0 Å². The molecule has 2 aromatic carbocycles. The molecule has 20 heavy (non-hydrogen) atoms. The summed E-state index contributed by atoms with van der Waals surface area (Å²) < 4.78 is 1.84. The maximum atomic E-state index is 10.9. The Labute approximate surface area is 117 Å². The summed E-state index contributed by atoms with van der Waals surface area (Å²) in [5.41, 5.74) is 4.87. The van der Waals surface area contributed by atoms with Crippen molar-refractivity contribution in [2.24, 2.45) is 0 Å². The van der Waals surface area contributed by atoms with Crippen LogP contribution in [-0.4, -0.2) is 16.1 Å². The summed E-state index contributed by atoms with van der Waals surface area (Å²) >= 11 is 0. The van der Waals surface area contributed by atoms with Crippen LogP contribution in [0, 0.1) is 6.92 Å². The van der Waals surface area contributed by atoms with Crippen molar-refractivity contribution in [1.29, 1.82) is 0 Å². The third-order valence-electron chi connectivity index (χ3n) is 3.31. The van der Waals surface area contributed by atoms with Gasteiger partial charge in [0.25, 0.3) is 0 Å². The molecule has 0 radical (unpaired) electrons. The van der Waals surface area contributed by atoms with Crippen LogP contribution in [0.2, 0.25) is 0 Å². The molecule has 0 aliphatic carbocycles.